The van der Waals surface area contributed by atoms with Gasteiger partial charge in [-0.1, -0.05) is 6.07 Å². The summed E-state index contributed by atoms with van der Waals surface area (Å²) < 4.78 is 13.6. The third-order valence-electron chi connectivity index (χ3n) is 2.87. The Balaban J connectivity index is 2.21. The normalized spacial score (nSPS) is 20.2. The molecule has 0 aromatic heterocycles. The van der Waals surface area contributed by atoms with Gasteiger partial charge in [-0.05, 0) is 31.0 Å². The highest BCUT2D eigenvalue weighted by Gasteiger charge is 2.26. The summed E-state index contributed by atoms with van der Waals surface area (Å²) in [7, 11) is 0. The number of nitrogens with two attached hydrogens (primary N) is 1. The smallest absolute Gasteiger partial charge is 0.256 e. The van der Waals surface area contributed by atoms with Crippen molar-refractivity contribution in [3.8, 4) is 0 Å². The molecule has 1 aromatic carbocycles. The molecule has 16 heavy (non-hydrogen) atoms. The molecule has 1 amide bonds. The molecule has 1 aliphatic heterocycles. The Bertz CT molecular complexity index is 419. The minimum absolute atomic E-state index is 0.0254. The van der Waals surface area contributed by atoms with E-state index < -0.39 is 5.82 Å². The van der Waals surface area contributed by atoms with E-state index in [9.17, 15) is 9.18 Å². The molecule has 0 unspecified atom stereocenters. The first-order chi connectivity index (χ1) is 7.58. The molecule has 0 saturated carbocycles. The molecule has 1 aromatic rings. The van der Waals surface area contributed by atoms with E-state index in [-0.39, 0.29) is 17.5 Å². The minimum atomic E-state index is -0.453. The van der Waals surface area contributed by atoms with Crippen molar-refractivity contribution in [2.45, 2.75) is 19.4 Å². The van der Waals surface area contributed by atoms with Crippen molar-refractivity contribution in [2.24, 2.45) is 5.73 Å². The van der Waals surface area contributed by atoms with E-state index in [1.165, 1.54) is 12.1 Å². The van der Waals surface area contributed by atoms with Crippen molar-refractivity contribution < 1.29 is 9.18 Å². The lowest BCUT2D eigenvalue weighted by Crippen LogP contribution is -2.32. The summed E-state index contributed by atoms with van der Waals surface area (Å²) in [5.41, 5.74) is 6.67. The lowest BCUT2D eigenvalue weighted by molar-refractivity contribution is 0.0786. The zero-order valence-electron chi connectivity index (χ0n) is 9.24. The number of amides is 1. The third-order valence-corrected chi connectivity index (χ3v) is 2.87. The first kappa shape index (κ1) is 11.1. The second-order valence-electron chi connectivity index (χ2n) is 4.28. The standard InChI is InChI=1S/C12H15FN2O/c1-8-2-3-10(11(13)6-8)12(16)15-5-4-9(14)7-15/h2-3,6,9H,4-5,7,14H2,1H3/t9-/m1/s1. The lowest BCUT2D eigenvalue weighted by atomic mass is 10.1. The van der Waals surface area contributed by atoms with Crippen LogP contribution in [0.4, 0.5) is 4.39 Å². The number of likely N-dealkylation sites (tertiary alicyclic amines) is 1. The summed E-state index contributed by atoms with van der Waals surface area (Å²) >= 11 is 0. The van der Waals surface area contributed by atoms with E-state index in [2.05, 4.69) is 0 Å². The van der Waals surface area contributed by atoms with Crippen LogP contribution in [0.5, 0.6) is 0 Å². The van der Waals surface area contributed by atoms with Gasteiger partial charge >= 0.3 is 0 Å². The van der Waals surface area contributed by atoms with Crippen LogP contribution in [0.2, 0.25) is 0 Å². The number of aryl methyl sites for hydroxylation is 1. The van der Waals surface area contributed by atoms with Crippen LogP contribution >= 0.6 is 0 Å². The van der Waals surface area contributed by atoms with Crippen LogP contribution in [0.1, 0.15) is 22.3 Å². The fourth-order valence-electron chi connectivity index (χ4n) is 1.94. The Morgan fingerprint density at radius 2 is 2.31 bits per heavy atom. The molecule has 0 spiro atoms. The monoisotopic (exact) mass is 222 g/mol. The molecule has 1 atom stereocenters. The SMILES string of the molecule is Cc1ccc(C(=O)N2CC[C@@H](N)C2)c(F)c1. The van der Waals surface area contributed by atoms with Crippen LogP contribution in [0.3, 0.4) is 0 Å². The number of hydrogen-bond donors (Lipinski definition) is 1. The molecule has 1 heterocycles. The van der Waals surface area contributed by atoms with Crippen molar-refractivity contribution >= 4 is 5.91 Å². The van der Waals surface area contributed by atoms with Crippen LogP contribution in [0.25, 0.3) is 0 Å². The van der Waals surface area contributed by atoms with Crippen LogP contribution in [-0.4, -0.2) is 29.9 Å². The zero-order valence-corrected chi connectivity index (χ0v) is 9.24. The second kappa shape index (κ2) is 4.22. The highest BCUT2D eigenvalue weighted by atomic mass is 19.1. The van der Waals surface area contributed by atoms with E-state index in [0.717, 1.165) is 12.0 Å². The van der Waals surface area contributed by atoms with Crippen molar-refractivity contribution in [3.05, 3.63) is 35.1 Å². The first-order valence-electron chi connectivity index (χ1n) is 5.39. The third kappa shape index (κ3) is 2.07. The fourth-order valence-corrected chi connectivity index (χ4v) is 1.94. The van der Waals surface area contributed by atoms with Gasteiger partial charge in [0.05, 0.1) is 5.56 Å². The lowest BCUT2D eigenvalue weighted by Gasteiger charge is -2.16. The number of carbonyl (C=O) groups excluding carboxylic acids is 1. The van der Waals surface area contributed by atoms with Crippen LogP contribution < -0.4 is 5.73 Å². The summed E-state index contributed by atoms with van der Waals surface area (Å²) in [5, 5.41) is 0. The van der Waals surface area contributed by atoms with Gasteiger partial charge in [0, 0.05) is 19.1 Å². The average Bonchev–Trinajstić information content (AvgIpc) is 2.64. The molecule has 3 nitrogen and oxygen atoms in total. The van der Waals surface area contributed by atoms with Gasteiger partial charge in [-0.3, -0.25) is 4.79 Å². The minimum Gasteiger partial charge on any atom is -0.337 e. The molecule has 2 rings (SSSR count). The summed E-state index contributed by atoms with van der Waals surface area (Å²) in [6.07, 6.45) is 0.791. The molecule has 0 aliphatic carbocycles. The molecule has 1 aliphatic rings. The number of carbonyl (C=O) groups is 1. The Labute approximate surface area is 94.0 Å². The number of benzene rings is 1. The number of hydrogen-bond acceptors (Lipinski definition) is 2. The Morgan fingerprint density at radius 3 is 2.88 bits per heavy atom. The predicted octanol–water partition coefficient (Wildman–Crippen LogP) is 1.31. The molecule has 0 radical (unpaired) electrons. The van der Waals surface area contributed by atoms with Gasteiger partial charge in [-0.25, -0.2) is 4.39 Å². The van der Waals surface area contributed by atoms with Crippen molar-refractivity contribution in [2.75, 3.05) is 13.1 Å². The Kier molecular flexibility index (Phi) is 2.92. The Hall–Kier alpha value is -1.42. The van der Waals surface area contributed by atoms with Crippen molar-refractivity contribution in [1.29, 1.82) is 0 Å². The average molecular weight is 222 g/mol. The van der Waals surface area contributed by atoms with Crippen LogP contribution in [-0.2, 0) is 0 Å². The number of halogens is 1. The molecule has 0 bridgehead atoms. The first-order valence-corrected chi connectivity index (χ1v) is 5.39. The maximum Gasteiger partial charge on any atom is 0.256 e. The van der Waals surface area contributed by atoms with Gasteiger partial charge in [0.2, 0.25) is 0 Å². The predicted molar refractivity (Wildman–Crippen MR) is 59.6 cm³/mol. The molecule has 86 valence electrons. The van der Waals surface area contributed by atoms with Gasteiger partial charge in [0.1, 0.15) is 5.82 Å². The van der Waals surface area contributed by atoms with E-state index in [4.69, 9.17) is 5.73 Å². The fraction of sp³-hybridized carbons (Fsp3) is 0.417. The largest absolute Gasteiger partial charge is 0.337 e. The molecule has 1 saturated heterocycles. The summed E-state index contributed by atoms with van der Waals surface area (Å²) in [4.78, 5) is 13.6. The number of rotatable bonds is 1. The second-order valence-corrected chi connectivity index (χ2v) is 4.28. The van der Waals surface area contributed by atoms with Gasteiger partial charge in [0.25, 0.3) is 5.91 Å². The highest BCUT2D eigenvalue weighted by Crippen LogP contribution is 2.16. The van der Waals surface area contributed by atoms with Crippen LogP contribution in [0, 0.1) is 12.7 Å². The van der Waals surface area contributed by atoms with E-state index in [0.29, 0.717) is 13.1 Å². The number of nitrogens with zero attached hydrogens (tertiary/aromatic N) is 1. The quantitative estimate of drug-likeness (QED) is 0.778. The summed E-state index contributed by atoms with van der Waals surface area (Å²) in [6, 6.07) is 4.68. The molecular weight excluding hydrogens is 207 g/mol. The van der Waals surface area contributed by atoms with Gasteiger partial charge in [0.15, 0.2) is 0 Å². The maximum atomic E-state index is 13.6. The summed E-state index contributed by atoms with van der Waals surface area (Å²) in [6.45, 7) is 2.93. The van der Waals surface area contributed by atoms with Gasteiger partial charge < -0.3 is 10.6 Å². The molecule has 4 heteroatoms. The van der Waals surface area contributed by atoms with Crippen molar-refractivity contribution in [1.82, 2.24) is 4.90 Å². The van der Waals surface area contributed by atoms with Gasteiger partial charge in [-0.2, -0.15) is 0 Å². The van der Waals surface area contributed by atoms with Crippen LogP contribution in [0.15, 0.2) is 18.2 Å². The van der Waals surface area contributed by atoms with Gasteiger partial charge in [-0.15, -0.1) is 0 Å². The Morgan fingerprint density at radius 1 is 1.56 bits per heavy atom. The molecular formula is C12H15FN2O. The zero-order chi connectivity index (χ0) is 11.7. The van der Waals surface area contributed by atoms with E-state index in [1.807, 2.05) is 0 Å². The topological polar surface area (TPSA) is 46.3 Å². The highest BCUT2D eigenvalue weighted by molar-refractivity contribution is 5.94. The van der Waals surface area contributed by atoms with E-state index in [1.54, 1.807) is 17.9 Å². The van der Waals surface area contributed by atoms with Crippen molar-refractivity contribution in [3.63, 3.8) is 0 Å². The summed E-state index contributed by atoms with van der Waals surface area (Å²) in [5.74, 6) is -0.712. The van der Waals surface area contributed by atoms with E-state index >= 15 is 0 Å². The molecule has 1 fully saturated rings. The maximum absolute atomic E-state index is 13.6. The molecule has 2 N–H and O–H groups in total.